The van der Waals surface area contributed by atoms with Gasteiger partial charge in [0.2, 0.25) is 15.9 Å². The van der Waals surface area contributed by atoms with Gasteiger partial charge in [-0.05, 0) is 24.6 Å². The van der Waals surface area contributed by atoms with Gasteiger partial charge < -0.3 is 4.90 Å². The summed E-state index contributed by atoms with van der Waals surface area (Å²) in [6.07, 6.45) is 0.607. The van der Waals surface area contributed by atoms with E-state index in [1.807, 2.05) is 0 Å². The molecule has 1 aromatic carbocycles. The highest BCUT2D eigenvalue weighted by Crippen LogP contribution is 2.28. The highest BCUT2D eigenvalue weighted by atomic mass is 79.9. The number of carbonyl (C=O) groups is 1. The van der Waals surface area contributed by atoms with Crippen molar-refractivity contribution >= 4 is 43.5 Å². The van der Waals surface area contributed by atoms with E-state index in [4.69, 9.17) is 11.6 Å². The summed E-state index contributed by atoms with van der Waals surface area (Å²) in [6, 6.07) is 4.59. The topological polar surface area (TPSA) is 57.7 Å². The standard InChI is InChI=1S/C12H14BrClN2O3S/c1-15-5-2-6-16(8-12(15)17)20(18,19)11-4-3-9(13)7-10(11)14/h3-4,7H,2,5-6,8H2,1H3. The van der Waals surface area contributed by atoms with Gasteiger partial charge in [-0.1, -0.05) is 27.5 Å². The number of carbonyl (C=O) groups excluding carboxylic acids is 1. The van der Waals surface area contributed by atoms with Crippen LogP contribution in [0.25, 0.3) is 0 Å². The maximum absolute atomic E-state index is 12.6. The average Bonchev–Trinajstić information content (AvgIpc) is 2.52. The van der Waals surface area contributed by atoms with E-state index in [-0.39, 0.29) is 22.4 Å². The minimum absolute atomic E-state index is 0.0275. The fourth-order valence-electron chi connectivity index (χ4n) is 1.99. The third-order valence-corrected chi connectivity index (χ3v) is 5.97. The van der Waals surface area contributed by atoms with E-state index in [1.165, 1.54) is 16.4 Å². The molecule has 0 radical (unpaired) electrons. The first kappa shape index (κ1) is 15.8. The highest BCUT2D eigenvalue weighted by molar-refractivity contribution is 9.10. The van der Waals surface area contributed by atoms with E-state index in [1.54, 1.807) is 18.0 Å². The van der Waals surface area contributed by atoms with Crippen LogP contribution in [0.2, 0.25) is 5.02 Å². The molecule has 1 aliphatic heterocycles. The van der Waals surface area contributed by atoms with E-state index in [0.717, 1.165) is 0 Å². The molecule has 0 atom stereocenters. The van der Waals surface area contributed by atoms with Crippen LogP contribution in [0.4, 0.5) is 0 Å². The van der Waals surface area contributed by atoms with Crippen LogP contribution < -0.4 is 0 Å². The van der Waals surface area contributed by atoms with Crippen molar-refractivity contribution in [2.75, 3.05) is 26.7 Å². The van der Waals surface area contributed by atoms with Gasteiger partial charge in [0.15, 0.2) is 0 Å². The molecule has 20 heavy (non-hydrogen) atoms. The lowest BCUT2D eigenvalue weighted by molar-refractivity contribution is -0.129. The zero-order valence-electron chi connectivity index (χ0n) is 10.8. The predicted molar refractivity (Wildman–Crippen MR) is 80.2 cm³/mol. The Balaban J connectivity index is 2.36. The van der Waals surface area contributed by atoms with Crippen LogP contribution in [-0.4, -0.2) is 50.2 Å². The molecule has 1 heterocycles. The molecule has 1 saturated heterocycles. The predicted octanol–water partition coefficient (Wildman–Crippen LogP) is 1.96. The van der Waals surface area contributed by atoms with Crippen molar-refractivity contribution in [1.29, 1.82) is 0 Å². The molecule has 1 amide bonds. The lowest BCUT2D eigenvalue weighted by Crippen LogP contribution is -2.38. The van der Waals surface area contributed by atoms with Gasteiger partial charge in [-0.25, -0.2) is 8.42 Å². The molecule has 1 fully saturated rings. The Morgan fingerprint density at radius 3 is 2.65 bits per heavy atom. The van der Waals surface area contributed by atoms with Crippen LogP contribution in [0.3, 0.4) is 0 Å². The largest absolute Gasteiger partial charge is 0.345 e. The summed E-state index contributed by atoms with van der Waals surface area (Å²) in [6.45, 7) is 0.717. The van der Waals surface area contributed by atoms with Crippen molar-refractivity contribution in [3.63, 3.8) is 0 Å². The molecule has 0 saturated carbocycles. The second-order valence-electron chi connectivity index (χ2n) is 4.58. The number of nitrogens with zero attached hydrogens (tertiary/aromatic N) is 2. The monoisotopic (exact) mass is 380 g/mol. The number of rotatable bonds is 2. The van der Waals surface area contributed by atoms with Gasteiger partial charge in [0.25, 0.3) is 0 Å². The highest BCUT2D eigenvalue weighted by Gasteiger charge is 2.31. The van der Waals surface area contributed by atoms with Crippen molar-refractivity contribution in [2.45, 2.75) is 11.3 Å². The molecule has 110 valence electrons. The van der Waals surface area contributed by atoms with Crippen LogP contribution in [-0.2, 0) is 14.8 Å². The van der Waals surface area contributed by atoms with Gasteiger partial charge in [0.05, 0.1) is 11.6 Å². The zero-order chi connectivity index (χ0) is 14.9. The average molecular weight is 382 g/mol. The Hall–Kier alpha value is -0.630. The van der Waals surface area contributed by atoms with Crippen molar-refractivity contribution in [1.82, 2.24) is 9.21 Å². The van der Waals surface area contributed by atoms with Gasteiger partial charge in [-0.2, -0.15) is 4.31 Å². The molecular formula is C12H14BrClN2O3S. The summed E-state index contributed by atoms with van der Waals surface area (Å²) in [4.78, 5) is 13.4. The summed E-state index contributed by atoms with van der Waals surface area (Å²) in [5.41, 5.74) is 0. The molecule has 0 aromatic heterocycles. The first-order valence-corrected chi connectivity index (χ1v) is 8.62. The molecule has 1 aliphatic rings. The molecule has 1 aromatic rings. The molecule has 0 bridgehead atoms. The Morgan fingerprint density at radius 1 is 1.30 bits per heavy atom. The van der Waals surface area contributed by atoms with Crippen molar-refractivity contribution in [3.05, 3.63) is 27.7 Å². The summed E-state index contributed by atoms with van der Waals surface area (Å²) in [5.74, 6) is -0.209. The van der Waals surface area contributed by atoms with Gasteiger partial charge >= 0.3 is 0 Å². The van der Waals surface area contributed by atoms with Crippen LogP contribution in [0, 0.1) is 0 Å². The number of hydrogen-bond acceptors (Lipinski definition) is 3. The Labute approximate surface area is 131 Å². The molecule has 0 N–H and O–H groups in total. The van der Waals surface area contributed by atoms with Crippen LogP contribution >= 0.6 is 27.5 Å². The third kappa shape index (κ3) is 3.16. The minimum Gasteiger partial charge on any atom is -0.345 e. The third-order valence-electron chi connectivity index (χ3n) is 3.15. The molecule has 5 nitrogen and oxygen atoms in total. The second-order valence-corrected chi connectivity index (χ2v) is 7.81. The fourth-order valence-corrected chi connectivity index (χ4v) is 4.43. The number of likely N-dealkylation sites (N-methyl/N-ethyl adjacent to an activating group) is 1. The van der Waals surface area contributed by atoms with Gasteiger partial charge in [0, 0.05) is 24.6 Å². The summed E-state index contributed by atoms with van der Waals surface area (Å²) in [5, 5.41) is 0.143. The van der Waals surface area contributed by atoms with Crippen molar-refractivity contribution in [2.24, 2.45) is 0 Å². The molecule has 8 heteroatoms. The van der Waals surface area contributed by atoms with Gasteiger partial charge in [-0.3, -0.25) is 4.79 Å². The number of halogens is 2. The zero-order valence-corrected chi connectivity index (χ0v) is 14.0. The number of hydrogen-bond donors (Lipinski definition) is 0. The lowest BCUT2D eigenvalue weighted by Gasteiger charge is -2.20. The summed E-state index contributed by atoms with van der Waals surface area (Å²) >= 11 is 9.24. The van der Waals surface area contributed by atoms with E-state index in [2.05, 4.69) is 15.9 Å². The molecular weight excluding hydrogens is 368 g/mol. The summed E-state index contributed by atoms with van der Waals surface area (Å²) in [7, 11) is -2.08. The molecule has 0 unspecified atom stereocenters. The van der Waals surface area contributed by atoms with E-state index in [9.17, 15) is 13.2 Å². The Kier molecular flexibility index (Phi) is 4.73. The van der Waals surface area contributed by atoms with Crippen molar-refractivity contribution in [3.8, 4) is 0 Å². The number of sulfonamides is 1. The number of amides is 1. The maximum atomic E-state index is 12.6. The Morgan fingerprint density at radius 2 is 2.00 bits per heavy atom. The van der Waals surface area contributed by atoms with Crippen LogP contribution in [0.15, 0.2) is 27.6 Å². The SMILES string of the molecule is CN1CCCN(S(=O)(=O)c2ccc(Br)cc2Cl)CC1=O. The van der Waals surface area contributed by atoms with Crippen molar-refractivity contribution < 1.29 is 13.2 Å². The van der Waals surface area contributed by atoms with Gasteiger partial charge in [-0.15, -0.1) is 0 Å². The van der Waals surface area contributed by atoms with E-state index >= 15 is 0 Å². The minimum atomic E-state index is -3.76. The van der Waals surface area contributed by atoms with Crippen LogP contribution in [0.1, 0.15) is 6.42 Å². The van der Waals surface area contributed by atoms with E-state index in [0.29, 0.717) is 24.0 Å². The molecule has 2 rings (SSSR count). The quantitative estimate of drug-likeness (QED) is 0.787. The molecule has 0 spiro atoms. The maximum Gasteiger partial charge on any atom is 0.245 e. The van der Waals surface area contributed by atoms with Gasteiger partial charge in [0.1, 0.15) is 4.90 Å². The van der Waals surface area contributed by atoms with E-state index < -0.39 is 10.0 Å². The molecule has 0 aliphatic carbocycles. The lowest BCUT2D eigenvalue weighted by atomic mass is 10.4. The smallest absolute Gasteiger partial charge is 0.245 e. The van der Waals surface area contributed by atoms with Crippen LogP contribution in [0.5, 0.6) is 0 Å². The Bertz CT molecular complexity index is 636. The fraction of sp³-hybridized carbons (Fsp3) is 0.417. The normalized spacial score (nSPS) is 18.1. The number of benzene rings is 1. The first-order valence-electron chi connectivity index (χ1n) is 6.01. The first-order chi connectivity index (χ1) is 9.32. The second kappa shape index (κ2) is 6.01. The summed E-state index contributed by atoms with van der Waals surface area (Å²) < 4.78 is 27.1.